The molecule has 12 nitrogen and oxygen atoms in total. The second-order valence-corrected chi connectivity index (χ2v) is 23.0. The number of rotatable bonds is 16. The predicted molar refractivity (Wildman–Crippen MR) is 333 cm³/mol. The van der Waals surface area contributed by atoms with Gasteiger partial charge in [0.15, 0.2) is 11.4 Å². The third-order valence-corrected chi connectivity index (χ3v) is 16.4. The van der Waals surface area contributed by atoms with Crippen LogP contribution in [0.5, 0.6) is 0 Å². The van der Waals surface area contributed by atoms with Crippen LogP contribution in [0.4, 0.5) is 22.7 Å². The third-order valence-electron chi connectivity index (χ3n) is 16.4. The highest BCUT2D eigenvalue weighted by molar-refractivity contribution is 6.05. The van der Waals surface area contributed by atoms with E-state index in [9.17, 15) is 19.2 Å². The van der Waals surface area contributed by atoms with Crippen LogP contribution in [-0.4, -0.2) is 97.6 Å². The maximum atomic E-state index is 12.6. The molecule has 12 heteroatoms. The highest BCUT2D eigenvalue weighted by Crippen LogP contribution is 2.50. The molecule has 4 aliphatic heterocycles. The van der Waals surface area contributed by atoms with Gasteiger partial charge < -0.3 is 31.1 Å². The Labute approximate surface area is 481 Å². The van der Waals surface area contributed by atoms with E-state index in [1.807, 2.05) is 86.7 Å². The van der Waals surface area contributed by atoms with E-state index in [1.54, 1.807) is 28.2 Å². The molecule has 0 bridgehead atoms. The molecule has 2 unspecified atom stereocenters. The first-order valence-electron chi connectivity index (χ1n) is 28.1. The summed E-state index contributed by atoms with van der Waals surface area (Å²) < 4.78 is 4.25. The number of para-hydroxylation sites is 4. The molecule has 0 saturated carbocycles. The molecule has 0 saturated heterocycles. The lowest BCUT2D eigenvalue weighted by molar-refractivity contribution is -0.463. The van der Waals surface area contributed by atoms with Crippen LogP contribution in [0.2, 0.25) is 0 Å². The highest BCUT2D eigenvalue weighted by atomic mass is 16.2. The number of hydrogen-bond acceptors (Lipinski definition) is 6. The van der Waals surface area contributed by atoms with Crippen molar-refractivity contribution < 1.29 is 28.3 Å². The Balaban J connectivity index is 0.000000234. The molecule has 0 aromatic heterocycles. The van der Waals surface area contributed by atoms with Crippen molar-refractivity contribution in [3.8, 4) is 0 Å². The molecule has 0 aliphatic carbocycles. The monoisotopic (exact) mass is 1090 g/mol. The third kappa shape index (κ3) is 12.1. The van der Waals surface area contributed by atoms with Gasteiger partial charge in [0, 0.05) is 104 Å². The fourth-order valence-corrected chi connectivity index (χ4v) is 11.8. The number of nitrogens with zero attached hydrogens (tertiary/aromatic N) is 4. The molecule has 0 radical (unpaired) electrons. The lowest BCUT2D eigenvalue weighted by Crippen LogP contribution is -2.43. The van der Waals surface area contributed by atoms with Crippen LogP contribution in [-0.2, 0) is 40.8 Å². The van der Waals surface area contributed by atoms with Crippen molar-refractivity contribution in [2.24, 2.45) is 0 Å². The van der Waals surface area contributed by atoms with E-state index in [1.165, 1.54) is 22.3 Å². The molecule has 0 fully saturated rings. The van der Waals surface area contributed by atoms with Crippen LogP contribution in [0.1, 0.15) is 98.4 Å². The maximum absolute atomic E-state index is 12.6. The van der Waals surface area contributed by atoms with E-state index in [0.29, 0.717) is 0 Å². The van der Waals surface area contributed by atoms with Crippen molar-refractivity contribution >= 4 is 57.8 Å². The summed E-state index contributed by atoms with van der Waals surface area (Å²) in [5.41, 5.74) is 13.6. The second kappa shape index (κ2) is 25.0. The molecule has 4 aromatic rings. The number of amides is 4. The molecular formula is C69H84N8O4+2. The van der Waals surface area contributed by atoms with Crippen LogP contribution >= 0.6 is 0 Å². The highest BCUT2D eigenvalue weighted by Gasteiger charge is 2.48. The van der Waals surface area contributed by atoms with Gasteiger partial charge in [-0.15, -0.1) is 0 Å². The Morgan fingerprint density at radius 2 is 1.01 bits per heavy atom. The number of nitrogens with one attached hydrogen (secondary N) is 4. The van der Waals surface area contributed by atoms with Crippen molar-refractivity contribution in [3.05, 3.63) is 215 Å². The molecule has 4 heterocycles. The van der Waals surface area contributed by atoms with Gasteiger partial charge in [-0.2, -0.15) is 9.15 Å². The van der Waals surface area contributed by atoms with Gasteiger partial charge in [-0.1, -0.05) is 161 Å². The minimum atomic E-state index is -0.336. The van der Waals surface area contributed by atoms with E-state index < -0.39 is 0 Å². The molecule has 81 heavy (non-hydrogen) atoms. The van der Waals surface area contributed by atoms with E-state index in [4.69, 9.17) is 0 Å². The summed E-state index contributed by atoms with van der Waals surface area (Å²) in [4.78, 5) is 54.1. The second-order valence-electron chi connectivity index (χ2n) is 23.0. The number of allylic oxidation sites excluding steroid dienone is 16. The molecule has 2 atom stereocenters. The molecule has 4 N–H and O–H groups in total. The Morgan fingerprint density at radius 3 is 1.64 bits per heavy atom. The number of carbonyl (C=O) groups is 4. The first-order valence-corrected chi connectivity index (χ1v) is 28.1. The average Bonchev–Trinajstić information content (AvgIpc) is 4.04. The number of fused-ring (bicyclic) bond motifs is 4. The van der Waals surface area contributed by atoms with Crippen LogP contribution in [0, 0.1) is 0 Å². The summed E-state index contributed by atoms with van der Waals surface area (Å²) >= 11 is 0. The standard InChI is InChI=1S/C35H42N4O2.C34H40N4O2/c1-24(32(40)36-7)38-28-20-16-14-18-26(28)34(3,4)30(38)22-12-10-9-11-13-23-31-35(5,6)27-19-15-17-21-29(27)39(31)25(2)33(41)37-8;1-24(20-21-30-34(4,5)26-16-10-12-18-28(26)38(30)23-32(40)36-7)14-8-13-19-29-33(2,3)25-15-9-11-17-27(25)37(29)22-31(39)35-6/h9-25H,1-8H3,(H-,36,37,40,41);8-21H,22-23H2,1-7H3,(H-,35,36,39,40)/p+2. The minimum Gasteiger partial charge on any atom is -0.358 e. The van der Waals surface area contributed by atoms with Gasteiger partial charge in [0.1, 0.15) is 12.6 Å². The quantitative estimate of drug-likeness (QED) is 0.0653. The van der Waals surface area contributed by atoms with E-state index in [-0.39, 0.29) is 70.5 Å². The topological polar surface area (TPSA) is 129 Å². The number of benzene rings is 4. The fourth-order valence-electron chi connectivity index (χ4n) is 11.8. The lowest BCUT2D eigenvalue weighted by Gasteiger charge is -2.31. The molecule has 4 amide bonds. The van der Waals surface area contributed by atoms with Crippen molar-refractivity contribution in [1.29, 1.82) is 0 Å². The van der Waals surface area contributed by atoms with Gasteiger partial charge in [0.05, 0.1) is 10.8 Å². The summed E-state index contributed by atoms with van der Waals surface area (Å²) in [6.45, 7) is 24.1. The molecule has 4 aliphatic rings. The van der Waals surface area contributed by atoms with Gasteiger partial charge in [-0.25, -0.2) is 0 Å². The van der Waals surface area contributed by atoms with Gasteiger partial charge >= 0.3 is 0 Å². The van der Waals surface area contributed by atoms with Gasteiger partial charge in [0.2, 0.25) is 35.8 Å². The number of hydrogen-bond donors (Lipinski definition) is 4. The summed E-state index contributed by atoms with van der Waals surface area (Å²) in [7, 11) is 6.69. The molecule has 0 spiro atoms. The van der Waals surface area contributed by atoms with Crippen LogP contribution in [0.15, 0.2) is 193 Å². The van der Waals surface area contributed by atoms with Crippen LogP contribution in [0.3, 0.4) is 0 Å². The van der Waals surface area contributed by atoms with Crippen LogP contribution < -0.4 is 31.1 Å². The predicted octanol–water partition coefficient (Wildman–Crippen LogP) is 11.0. The largest absolute Gasteiger partial charge is 0.358 e. The van der Waals surface area contributed by atoms with Gasteiger partial charge in [-0.05, 0) is 77.0 Å². The number of carbonyl (C=O) groups excluding carboxylic acids is 4. The fraction of sp³-hybridized carbons (Fsp3) is 0.333. The van der Waals surface area contributed by atoms with E-state index in [2.05, 4.69) is 206 Å². The minimum absolute atomic E-state index is 0.0216. The number of likely N-dealkylation sites (N-methyl/N-ethyl adjacent to an activating group) is 4. The van der Waals surface area contributed by atoms with E-state index in [0.717, 1.165) is 51.1 Å². The summed E-state index contributed by atoms with van der Waals surface area (Å²) in [5.74, 6) is -0.0920. The zero-order chi connectivity index (χ0) is 59.0. The van der Waals surface area contributed by atoms with Crippen molar-refractivity contribution in [2.45, 2.75) is 110 Å². The average molecular weight is 1090 g/mol. The van der Waals surface area contributed by atoms with Crippen molar-refractivity contribution in [2.75, 3.05) is 51.1 Å². The van der Waals surface area contributed by atoms with E-state index >= 15 is 0 Å². The zero-order valence-corrected chi connectivity index (χ0v) is 50.2. The van der Waals surface area contributed by atoms with Crippen LogP contribution in [0.25, 0.3) is 0 Å². The Hall–Kier alpha value is -8.38. The Morgan fingerprint density at radius 1 is 0.519 bits per heavy atom. The Bertz CT molecular complexity index is 3410. The smallest absolute Gasteiger partial charge is 0.288 e. The molecular weight excluding hydrogens is 1000 g/mol. The Kier molecular flexibility index (Phi) is 18.6. The first-order chi connectivity index (χ1) is 38.5. The number of anilines is 2. The maximum Gasteiger partial charge on any atom is 0.288 e. The molecule has 422 valence electrons. The normalized spacial score (nSPS) is 19.1. The molecule has 8 rings (SSSR count). The van der Waals surface area contributed by atoms with Crippen molar-refractivity contribution in [3.63, 3.8) is 0 Å². The SMILES string of the molecule is CNC(=O)C(C)N1/C(=C/C=C/C=C/C=C/C2=[N+](C(C)C(=O)NC)c3ccccc3C2(C)C)C(C)(C)c2ccccc21.CNC(=O)CN1\C(=C/C=C/C=C(C)/C=C/C2=[N+](CC(=O)NC)c3ccccc3C2(C)C)C(C)(C)c2ccccc21. The van der Waals surface area contributed by atoms with Gasteiger partial charge in [-0.3, -0.25) is 19.2 Å². The lowest BCUT2D eigenvalue weighted by atomic mass is 9.81. The molecule has 4 aromatic carbocycles. The summed E-state index contributed by atoms with van der Waals surface area (Å²) in [6.07, 6.45) is 26.7. The van der Waals surface area contributed by atoms with Crippen molar-refractivity contribution in [1.82, 2.24) is 21.3 Å². The summed E-state index contributed by atoms with van der Waals surface area (Å²) in [6, 6.07) is 32.5. The zero-order valence-electron chi connectivity index (χ0n) is 50.2. The summed E-state index contributed by atoms with van der Waals surface area (Å²) in [5, 5.41) is 11.1. The first kappa shape index (κ1) is 60.3. The van der Waals surface area contributed by atoms with Gasteiger partial charge in [0.25, 0.3) is 11.8 Å².